The molecule has 17 heavy (non-hydrogen) atoms. The first-order chi connectivity index (χ1) is 7.90. The third-order valence-corrected chi connectivity index (χ3v) is 4.68. The number of sulfonamides is 1. The van der Waals surface area contributed by atoms with Crippen LogP contribution in [0.4, 0.5) is 10.1 Å². The molecule has 94 valence electrons. The second kappa shape index (κ2) is 4.27. The van der Waals surface area contributed by atoms with E-state index in [0.29, 0.717) is 0 Å². The molecule has 1 saturated carbocycles. The number of nitrogen functional groups attached to an aromatic ring is 1. The first-order valence-electron chi connectivity index (χ1n) is 5.48. The fraction of sp³-hybridized carbons (Fsp3) is 0.455. The first kappa shape index (κ1) is 12.3. The average Bonchev–Trinajstić information content (AvgIpc) is 2.17. The van der Waals surface area contributed by atoms with Crippen LogP contribution in [0.2, 0.25) is 0 Å². The van der Waals surface area contributed by atoms with Crippen molar-refractivity contribution in [2.24, 2.45) is 0 Å². The third-order valence-electron chi connectivity index (χ3n) is 3.04. The van der Waals surface area contributed by atoms with Gasteiger partial charge in [0.15, 0.2) is 0 Å². The summed E-state index contributed by atoms with van der Waals surface area (Å²) in [5.41, 5.74) is 5.69. The van der Waals surface area contributed by atoms with Gasteiger partial charge in [0.25, 0.3) is 0 Å². The second-order valence-electron chi connectivity index (χ2n) is 4.37. The number of benzene rings is 1. The van der Waals surface area contributed by atoms with Crippen molar-refractivity contribution in [2.45, 2.75) is 37.1 Å². The number of anilines is 1. The van der Waals surface area contributed by atoms with Crippen LogP contribution in [0.1, 0.15) is 24.8 Å². The maximum atomic E-state index is 13.4. The van der Waals surface area contributed by atoms with Gasteiger partial charge in [-0.1, -0.05) is 6.42 Å². The summed E-state index contributed by atoms with van der Waals surface area (Å²) < 4.78 is 40.0. The Morgan fingerprint density at radius 3 is 2.59 bits per heavy atom. The fourth-order valence-corrected chi connectivity index (χ4v) is 3.36. The van der Waals surface area contributed by atoms with Crippen molar-refractivity contribution in [2.75, 3.05) is 5.73 Å². The monoisotopic (exact) mass is 258 g/mol. The molecule has 0 heterocycles. The Morgan fingerprint density at radius 2 is 2.06 bits per heavy atom. The Kier molecular flexibility index (Phi) is 3.09. The molecule has 0 amide bonds. The number of hydrogen-bond acceptors (Lipinski definition) is 3. The van der Waals surface area contributed by atoms with E-state index < -0.39 is 15.8 Å². The molecule has 0 radical (unpaired) electrons. The lowest BCUT2D eigenvalue weighted by Gasteiger charge is -2.26. The minimum Gasteiger partial charge on any atom is -0.399 e. The van der Waals surface area contributed by atoms with E-state index in [-0.39, 0.29) is 22.2 Å². The SMILES string of the molecule is Cc1c(F)cc(N)cc1S(=O)(=O)NC1CCC1. The molecule has 1 aromatic carbocycles. The van der Waals surface area contributed by atoms with E-state index in [0.717, 1.165) is 25.3 Å². The normalized spacial score (nSPS) is 16.8. The zero-order chi connectivity index (χ0) is 12.6. The molecule has 0 aliphatic heterocycles. The summed E-state index contributed by atoms with van der Waals surface area (Å²) in [5, 5.41) is 0. The minimum absolute atomic E-state index is 0.0242. The van der Waals surface area contributed by atoms with E-state index in [1.807, 2.05) is 0 Å². The van der Waals surface area contributed by atoms with Crippen molar-refractivity contribution in [3.8, 4) is 0 Å². The van der Waals surface area contributed by atoms with Gasteiger partial charge in [0, 0.05) is 17.3 Å². The molecule has 1 fully saturated rings. The second-order valence-corrected chi connectivity index (χ2v) is 6.06. The summed E-state index contributed by atoms with van der Waals surface area (Å²) in [6.45, 7) is 1.43. The van der Waals surface area contributed by atoms with Gasteiger partial charge in [-0.05, 0) is 31.9 Å². The van der Waals surface area contributed by atoms with Crippen molar-refractivity contribution >= 4 is 15.7 Å². The zero-order valence-electron chi connectivity index (χ0n) is 9.53. The zero-order valence-corrected chi connectivity index (χ0v) is 10.3. The highest BCUT2D eigenvalue weighted by Gasteiger charge is 2.26. The molecular weight excluding hydrogens is 243 g/mol. The number of halogens is 1. The van der Waals surface area contributed by atoms with Crippen LogP contribution in [0.3, 0.4) is 0 Å². The quantitative estimate of drug-likeness (QED) is 0.808. The van der Waals surface area contributed by atoms with Crippen LogP contribution in [0.25, 0.3) is 0 Å². The van der Waals surface area contributed by atoms with Crippen LogP contribution in [-0.4, -0.2) is 14.5 Å². The molecule has 0 bridgehead atoms. The minimum atomic E-state index is -3.67. The van der Waals surface area contributed by atoms with Crippen molar-refractivity contribution in [1.82, 2.24) is 4.72 Å². The first-order valence-corrected chi connectivity index (χ1v) is 6.96. The molecule has 1 aliphatic rings. The Hall–Kier alpha value is -1.14. The van der Waals surface area contributed by atoms with Gasteiger partial charge >= 0.3 is 0 Å². The van der Waals surface area contributed by atoms with Gasteiger partial charge in [0.1, 0.15) is 5.82 Å². The lowest BCUT2D eigenvalue weighted by molar-refractivity contribution is 0.383. The molecule has 2 rings (SSSR count). The summed E-state index contributed by atoms with van der Waals surface area (Å²) >= 11 is 0. The van der Waals surface area contributed by atoms with Gasteiger partial charge in [0.05, 0.1) is 4.90 Å². The lowest BCUT2D eigenvalue weighted by Crippen LogP contribution is -2.39. The van der Waals surface area contributed by atoms with Crippen molar-refractivity contribution in [3.63, 3.8) is 0 Å². The number of nitrogens with one attached hydrogen (secondary N) is 1. The molecule has 4 nitrogen and oxygen atoms in total. The molecule has 0 atom stereocenters. The maximum absolute atomic E-state index is 13.4. The smallest absolute Gasteiger partial charge is 0.241 e. The highest BCUT2D eigenvalue weighted by Crippen LogP contribution is 2.25. The molecule has 3 N–H and O–H groups in total. The third kappa shape index (κ3) is 2.42. The summed E-state index contributed by atoms with van der Waals surface area (Å²) in [4.78, 5) is -0.0677. The van der Waals surface area contributed by atoms with Gasteiger partial charge in [0.2, 0.25) is 10.0 Å². The molecule has 0 aromatic heterocycles. The number of hydrogen-bond donors (Lipinski definition) is 2. The van der Waals surface area contributed by atoms with Crippen molar-refractivity contribution in [1.29, 1.82) is 0 Å². The standard InChI is InChI=1S/C11H15FN2O2S/c1-7-10(12)5-8(13)6-11(7)17(15,16)14-9-3-2-4-9/h5-6,9,14H,2-4,13H2,1H3. The van der Waals surface area contributed by atoms with Gasteiger partial charge in [-0.15, -0.1) is 0 Å². The van der Waals surface area contributed by atoms with E-state index >= 15 is 0 Å². The predicted octanol–water partition coefficient (Wildman–Crippen LogP) is 1.55. The summed E-state index contributed by atoms with van der Waals surface area (Å²) in [6.07, 6.45) is 2.70. The van der Waals surface area contributed by atoms with Crippen LogP contribution < -0.4 is 10.5 Å². The van der Waals surface area contributed by atoms with Gasteiger partial charge < -0.3 is 5.73 Å². The predicted molar refractivity (Wildman–Crippen MR) is 63.5 cm³/mol. The van der Waals surface area contributed by atoms with Gasteiger partial charge in [-0.25, -0.2) is 17.5 Å². The molecule has 1 aromatic rings. The molecular formula is C11H15FN2O2S. The van der Waals surface area contributed by atoms with Crippen molar-refractivity contribution < 1.29 is 12.8 Å². The van der Waals surface area contributed by atoms with E-state index in [9.17, 15) is 12.8 Å². The molecule has 0 unspecified atom stereocenters. The number of nitrogens with two attached hydrogens (primary N) is 1. The molecule has 0 spiro atoms. The average molecular weight is 258 g/mol. The fourth-order valence-electron chi connectivity index (χ4n) is 1.76. The summed E-state index contributed by atoms with van der Waals surface area (Å²) in [6, 6.07) is 2.39. The molecule has 6 heteroatoms. The Bertz CT molecular complexity index is 539. The van der Waals surface area contributed by atoms with Crippen LogP contribution in [0.5, 0.6) is 0 Å². The van der Waals surface area contributed by atoms with Crippen LogP contribution in [0.15, 0.2) is 17.0 Å². The molecule has 0 saturated heterocycles. The molecule has 1 aliphatic carbocycles. The lowest BCUT2D eigenvalue weighted by atomic mass is 9.94. The topological polar surface area (TPSA) is 72.2 Å². The van der Waals surface area contributed by atoms with E-state index in [1.54, 1.807) is 0 Å². The maximum Gasteiger partial charge on any atom is 0.241 e. The highest BCUT2D eigenvalue weighted by molar-refractivity contribution is 7.89. The van der Waals surface area contributed by atoms with E-state index in [4.69, 9.17) is 5.73 Å². The Morgan fingerprint density at radius 1 is 1.41 bits per heavy atom. The summed E-state index contributed by atoms with van der Waals surface area (Å²) in [7, 11) is -3.67. The van der Waals surface area contributed by atoms with Crippen molar-refractivity contribution in [3.05, 3.63) is 23.5 Å². The van der Waals surface area contributed by atoms with Gasteiger partial charge in [-0.3, -0.25) is 0 Å². The van der Waals surface area contributed by atoms with Crippen LogP contribution in [-0.2, 0) is 10.0 Å². The van der Waals surface area contributed by atoms with E-state index in [2.05, 4.69) is 4.72 Å². The summed E-state index contributed by atoms with van der Waals surface area (Å²) in [5.74, 6) is -0.598. The van der Waals surface area contributed by atoms with Crippen LogP contribution >= 0.6 is 0 Å². The largest absolute Gasteiger partial charge is 0.399 e. The number of rotatable bonds is 3. The van der Waals surface area contributed by atoms with Gasteiger partial charge in [-0.2, -0.15) is 0 Å². The van der Waals surface area contributed by atoms with Crippen LogP contribution in [0, 0.1) is 12.7 Å². The highest BCUT2D eigenvalue weighted by atomic mass is 32.2. The Labute approximate surface area is 100 Å². The van der Waals surface area contributed by atoms with E-state index in [1.165, 1.54) is 13.0 Å². The Balaban J connectivity index is 2.38.